The Labute approximate surface area is 64.5 Å². The first kappa shape index (κ1) is 6.22. The SMILES string of the molecule is Cn1c(N)cc2ncccc21. The van der Waals surface area contributed by atoms with Crippen LogP contribution >= 0.6 is 0 Å². The molecule has 0 unspecified atom stereocenters. The summed E-state index contributed by atoms with van der Waals surface area (Å²) in [5.74, 6) is 0.749. The van der Waals surface area contributed by atoms with Gasteiger partial charge in [0.05, 0.1) is 11.0 Å². The van der Waals surface area contributed by atoms with E-state index in [4.69, 9.17) is 5.73 Å². The Morgan fingerprint density at radius 2 is 2.36 bits per heavy atom. The lowest BCUT2D eigenvalue weighted by Crippen LogP contribution is -1.94. The molecular weight excluding hydrogens is 138 g/mol. The highest BCUT2D eigenvalue weighted by Gasteiger charge is 2.00. The van der Waals surface area contributed by atoms with Gasteiger partial charge in [-0.2, -0.15) is 0 Å². The van der Waals surface area contributed by atoms with E-state index >= 15 is 0 Å². The molecule has 2 N–H and O–H groups in total. The van der Waals surface area contributed by atoms with Gasteiger partial charge >= 0.3 is 0 Å². The molecule has 0 aromatic carbocycles. The van der Waals surface area contributed by atoms with E-state index in [9.17, 15) is 0 Å². The summed E-state index contributed by atoms with van der Waals surface area (Å²) < 4.78 is 1.92. The molecule has 2 heterocycles. The lowest BCUT2D eigenvalue weighted by atomic mass is 10.4. The first-order valence-corrected chi connectivity index (χ1v) is 3.45. The number of fused-ring (bicyclic) bond motifs is 1. The highest BCUT2D eigenvalue weighted by Crippen LogP contribution is 2.16. The summed E-state index contributed by atoms with van der Waals surface area (Å²) >= 11 is 0. The number of anilines is 1. The van der Waals surface area contributed by atoms with E-state index in [-0.39, 0.29) is 0 Å². The van der Waals surface area contributed by atoms with Crippen molar-refractivity contribution in [2.24, 2.45) is 7.05 Å². The van der Waals surface area contributed by atoms with E-state index in [2.05, 4.69) is 4.98 Å². The Bertz CT molecular complexity index is 389. The van der Waals surface area contributed by atoms with E-state index in [0.29, 0.717) is 0 Å². The second kappa shape index (κ2) is 1.99. The topological polar surface area (TPSA) is 43.8 Å². The summed E-state index contributed by atoms with van der Waals surface area (Å²) in [5.41, 5.74) is 7.70. The van der Waals surface area contributed by atoms with Gasteiger partial charge in [-0.3, -0.25) is 4.98 Å². The van der Waals surface area contributed by atoms with Gasteiger partial charge in [0.1, 0.15) is 5.82 Å². The van der Waals surface area contributed by atoms with Gasteiger partial charge in [0, 0.05) is 19.3 Å². The zero-order valence-electron chi connectivity index (χ0n) is 6.28. The van der Waals surface area contributed by atoms with Crippen molar-refractivity contribution >= 4 is 16.9 Å². The minimum atomic E-state index is 0.749. The fourth-order valence-electron chi connectivity index (χ4n) is 1.18. The molecular formula is C8H9N3. The average molecular weight is 147 g/mol. The van der Waals surface area contributed by atoms with Crippen molar-refractivity contribution in [1.29, 1.82) is 0 Å². The third-order valence-electron chi connectivity index (χ3n) is 1.85. The normalized spacial score (nSPS) is 10.6. The minimum Gasteiger partial charge on any atom is -0.385 e. The average Bonchev–Trinajstić information content (AvgIpc) is 2.30. The molecule has 0 spiro atoms. The summed E-state index contributed by atoms with van der Waals surface area (Å²) in [4.78, 5) is 4.16. The molecule has 0 bridgehead atoms. The van der Waals surface area contributed by atoms with Crippen LogP contribution in [0.2, 0.25) is 0 Å². The van der Waals surface area contributed by atoms with Crippen LogP contribution in [0.15, 0.2) is 24.4 Å². The number of nitrogen functional groups attached to an aromatic ring is 1. The zero-order valence-corrected chi connectivity index (χ0v) is 6.28. The third-order valence-corrected chi connectivity index (χ3v) is 1.85. The third kappa shape index (κ3) is 0.774. The van der Waals surface area contributed by atoms with Gasteiger partial charge in [-0.15, -0.1) is 0 Å². The molecule has 2 aromatic rings. The van der Waals surface area contributed by atoms with Crippen molar-refractivity contribution < 1.29 is 0 Å². The number of aromatic nitrogens is 2. The Morgan fingerprint density at radius 1 is 1.55 bits per heavy atom. The first-order valence-electron chi connectivity index (χ1n) is 3.45. The van der Waals surface area contributed by atoms with Gasteiger partial charge in [-0.1, -0.05) is 0 Å². The second-order valence-corrected chi connectivity index (χ2v) is 2.54. The molecule has 0 saturated carbocycles. The van der Waals surface area contributed by atoms with Crippen molar-refractivity contribution in [1.82, 2.24) is 9.55 Å². The molecule has 2 rings (SSSR count). The highest BCUT2D eigenvalue weighted by atomic mass is 15.0. The summed E-state index contributed by atoms with van der Waals surface area (Å²) in [6.45, 7) is 0. The van der Waals surface area contributed by atoms with Crippen molar-refractivity contribution in [3.05, 3.63) is 24.4 Å². The smallest absolute Gasteiger partial charge is 0.105 e. The van der Waals surface area contributed by atoms with E-state index in [1.54, 1.807) is 6.20 Å². The quantitative estimate of drug-likeness (QED) is 0.607. The second-order valence-electron chi connectivity index (χ2n) is 2.54. The predicted molar refractivity (Wildman–Crippen MR) is 45.1 cm³/mol. The lowest BCUT2D eigenvalue weighted by molar-refractivity contribution is 0.982. The fourth-order valence-corrected chi connectivity index (χ4v) is 1.18. The van der Waals surface area contributed by atoms with Crippen molar-refractivity contribution in [3.8, 4) is 0 Å². The maximum absolute atomic E-state index is 5.68. The van der Waals surface area contributed by atoms with Gasteiger partial charge in [-0.25, -0.2) is 0 Å². The molecule has 0 radical (unpaired) electrons. The van der Waals surface area contributed by atoms with E-state index in [1.165, 1.54) is 0 Å². The predicted octanol–water partition coefficient (Wildman–Crippen LogP) is 1.16. The highest BCUT2D eigenvalue weighted by molar-refractivity contribution is 5.80. The van der Waals surface area contributed by atoms with Crippen LogP contribution in [0.4, 0.5) is 5.82 Å². The van der Waals surface area contributed by atoms with Gasteiger partial charge in [0.15, 0.2) is 0 Å². The van der Waals surface area contributed by atoms with Crippen molar-refractivity contribution in [3.63, 3.8) is 0 Å². The number of aryl methyl sites for hydroxylation is 1. The van der Waals surface area contributed by atoms with Gasteiger partial charge in [-0.05, 0) is 12.1 Å². The standard InChI is InChI=1S/C8H9N3/c1-11-7-3-2-4-10-6(7)5-8(11)9/h2-5H,9H2,1H3. The molecule has 2 aromatic heterocycles. The Balaban J connectivity index is 2.92. The number of hydrogen-bond acceptors (Lipinski definition) is 2. The molecule has 0 aliphatic heterocycles. The van der Waals surface area contributed by atoms with Crippen LogP contribution in [-0.4, -0.2) is 9.55 Å². The lowest BCUT2D eigenvalue weighted by Gasteiger charge is -1.95. The summed E-state index contributed by atoms with van der Waals surface area (Å²) in [6, 6.07) is 5.77. The molecule has 0 amide bonds. The maximum Gasteiger partial charge on any atom is 0.105 e. The minimum absolute atomic E-state index is 0.749. The van der Waals surface area contributed by atoms with Crippen LogP contribution in [0.5, 0.6) is 0 Å². The zero-order chi connectivity index (χ0) is 7.84. The van der Waals surface area contributed by atoms with Crippen LogP contribution in [0.25, 0.3) is 11.0 Å². The van der Waals surface area contributed by atoms with Crippen LogP contribution < -0.4 is 5.73 Å². The van der Waals surface area contributed by atoms with Crippen molar-refractivity contribution in [2.45, 2.75) is 0 Å². The number of pyridine rings is 1. The summed E-state index contributed by atoms with van der Waals surface area (Å²) in [5, 5.41) is 0. The van der Waals surface area contributed by atoms with Crippen LogP contribution in [0, 0.1) is 0 Å². The summed E-state index contributed by atoms with van der Waals surface area (Å²) in [6.07, 6.45) is 1.77. The Morgan fingerprint density at radius 3 is 3.09 bits per heavy atom. The van der Waals surface area contributed by atoms with Gasteiger partial charge in [0.25, 0.3) is 0 Å². The van der Waals surface area contributed by atoms with Crippen LogP contribution in [-0.2, 0) is 7.05 Å². The first-order chi connectivity index (χ1) is 5.29. The van der Waals surface area contributed by atoms with Crippen molar-refractivity contribution in [2.75, 3.05) is 5.73 Å². The largest absolute Gasteiger partial charge is 0.385 e. The molecule has 3 heteroatoms. The van der Waals surface area contributed by atoms with E-state index in [1.807, 2.05) is 29.8 Å². The number of rotatable bonds is 0. The molecule has 0 atom stereocenters. The van der Waals surface area contributed by atoms with E-state index in [0.717, 1.165) is 16.9 Å². The molecule has 56 valence electrons. The monoisotopic (exact) mass is 147 g/mol. The summed E-state index contributed by atoms with van der Waals surface area (Å²) in [7, 11) is 1.93. The van der Waals surface area contributed by atoms with Crippen LogP contribution in [0.1, 0.15) is 0 Å². The molecule has 11 heavy (non-hydrogen) atoms. The molecule has 0 aliphatic rings. The van der Waals surface area contributed by atoms with Gasteiger partial charge in [0.2, 0.25) is 0 Å². The van der Waals surface area contributed by atoms with Crippen LogP contribution in [0.3, 0.4) is 0 Å². The number of nitrogens with zero attached hydrogens (tertiary/aromatic N) is 2. The molecule has 3 nitrogen and oxygen atoms in total. The number of hydrogen-bond donors (Lipinski definition) is 1. The van der Waals surface area contributed by atoms with E-state index < -0.39 is 0 Å². The molecule has 0 aliphatic carbocycles. The Kier molecular flexibility index (Phi) is 1.12. The van der Waals surface area contributed by atoms with Gasteiger partial charge < -0.3 is 10.3 Å². The molecule has 0 saturated heterocycles. The fraction of sp³-hybridized carbons (Fsp3) is 0.125. The molecule has 0 fully saturated rings. The number of nitrogens with two attached hydrogens (primary N) is 1. The maximum atomic E-state index is 5.68. The Hall–Kier alpha value is -1.51.